The number of thiol groups is 1. The van der Waals surface area contributed by atoms with Crippen LogP contribution in [0.4, 0.5) is 10.5 Å². The summed E-state index contributed by atoms with van der Waals surface area (Å²) < 4.78 is 0. The zero-order chi connectivity index (χ0) is 27.8. The molecule has 1 aliphatic rings. The molecule has 2 atom stereocenters. The number of rotatable bonds is 17. The number of carbonyl (C=O) groups excluding carboxylic acids is 4. The van der Waals surface area contributed by atoms with Crippen LogP contribution in [0.15, 0.2) is 24.3 Å². The van der Waals surface area contributed by atoms with E-state index in [4.69, 9.17) is 5.73 Å². The van der Waals surface area contributed by atoms with E-state index in [1.165, 1.54) is 0 Å². The fourth-order valence-electron chi connectivity index (χ4n) is 4.34. The number of nitrogens with one attached hydrogen (secondary N) is 5. The normalized spacial score (nSPS) is 15.1. The highest BCUT2D eigenvalue weighted by molar-refractivity contribution is 7.80. The number of benzene rings is 1. The van der Waals surface area contributed by atoms with E-state index in [1.54, 1.807) is 12.1 Å². The number of carbonyl (C=O) groups is 4. The number of amides is 5. The molecule has 1 saturated heterocycles. The number of nitrogens with two attached hydrogens (primary N) is 1. The number of anilines is 1. The molecule has 212 valence electrons. The number of urea groups is 1. The van der Waals surface area contributed by atoms with Crippen molar-refractivity contribution >= 4 is 42.1 Å². The minimum absolute atomic E-state index is 0.0102. The fraction of sp³-hybridized carbons (Fsp3) is 0.630. The molecule has 10 nitrogen and oxygen atoms in total. The van der Waals surface area contributed by atoms with Gasteiger partial charge in [-0.05, 0) is 62.6 Å². The lowest BCUT2D eigenvalue weighted by atomic mass is 9.98. The molecule has 0 radical (unpaired) electrons. The summed E-state index contributed by atoms with van der Waals surface area (Å²) >= 11 is 4.68. The van der Waals surface area contributed by atoms with Gasteiger partial charge in [-0.2, -0.15) is 12.6 Å². The summed E-state index contributed by atoms with van der Waals surface area (Å²) in [7, 11) is 0. The Balaban J connectivity index is 1.75. The molecule has 0 saturated carbocycles. The lowest BCUT2D eigenvalue weighted by Crippen LogP contribution is -2.48. The molecular formula is C27H44N6O4S. The second-order valence-electron chi connectivity index (χ2n) is 9.86. The molecule has 0 bridgehead atoms. The molecule has 0 spiro atoms. The summed E-state index contributed by atoms with van der Waals surface area (Å²) in [5, 5.41) is 14.4. The molecule has 1 heterocycles. The summed E-state index contributed by atoms with van der Waals surface area (Å²) in [6.07, 6.45) is 5.82. The van der Waals surface area contributed by atoms with Gasteiger partial charge in [-0.15, -0.1) is 0 Å². The summed E-state index contributed by atoms with van der Waals surface area (Å²) in [5.74, 6) is -0.0285. The van der Waals surface area contributed by atoms with Crippen LogP contribution in [0.5, 0.6) is 0 Å². The minimum atomic E-state index is -0.693. The second-order valence-corrected chi connectivity index (χ2v) is 10.6. The van der Waals surface area contributed by atoms with Crippen molar-refractivity contribution in [2.45, 2.75) is 76.0 Å². The topological polar surface area (TPSA) is 154 Å². The van der Waals surface area contributed by atoms with Crippen molar-refractivity contribution < 1.29 is 19.2 Å². The molecule has 2 unspecified atom stereocenters. The zero-order valence-corrected chi connectivity index (χ0v) is 23.3. The molecule has 1 aliphatic heterocycles. The van der Waals surface area contributed by atoms with E-state index >= 15 is 0 Å². The maximum absolute atomic E-state index is 12.9. The third kappa shape index (κ3) is 13.0. The third-order valence-electron chi connectivity index (χ3n) is 6.47. The highest BCUT2D eigenvalue weighted by Crippen LogP contribution is 2.18. The average molecular weight is 549 g/mol. The highest BCUT2D eigenvalue weighted by atomic mass is 32.1. The van der Waals surface area contributed by atoms with Crippen molar-refractivity contribution in [3.63, 3.8) is 0 Å². The molecule has 1 fully saturated rings. The van der Waals surface area contributed by atoms with Crippen LogP contribution in [-0.4, -0.2) is 61.2 Å². The van der Waals surface area contributed by atoms with E-state index in [-0.39, 0.29) is 29.0 Å². The van der Waals surface area contributed by atoms with Gasteiger partial charge in [0, 0.05) is 56.4 Å². The standard InChI is InChI=1S/C27H44N6O4S/c1-2-29-24(34)8-5-6-14-30-26(36)23(16-19-10-12-21(28)13-11-19)33-25(35)9-4-3-7-22(38)15-20-17-31-27(37)32-18-20/h10-13,20,22-23,38H,2-9,14-18,28H2,1H3,(H,29,34)(H,30,36)(H,33,35)(H2,31,32,37). The summed E-state index contributed by atoms with van der Waals surface area (Å²) in [6, 6.07) is 6.45. The zero-order valence-electron chi connectivity index (χ0n) is 22.4. The lowest BCUT2D eigenvalue weighted by molar-refractivity contribution is -0.129. The van der Waals surface area contributed by atoms with Gasteiger partial charge in [0.1, 0.15) is 6.04 Å². The summed E-state index contributed by atoms with van der Waals surface area (Å²) in [5.41, 5.74) is 7.32. The van der Waals surface area contributed by atoms with Crippen LogP contribution in [-0.2, 0) is 20.8 Å². The summed E-state index contributed by atoms with van der Waals surface area (Å²) in [6.45, 7) is 4.25. The van der Waals surface area contributed by atoms with Crippen LogP contribution in [0.2, 0.25) is 0 Å². The van der Waals surface area contributed by atoms with Gasteiger partial charge in [0.15, 0.2) is 0 Å². The average Bonchev–Trinajstić information content (AvgIpc) is 2.88. The van der Waals surface area contributed by atoms with Gasteiger partial charge >= 0.3 is 6.03 Å². The van der Waals surface area contributed by atoms with Crippen molar-refractivity contribution in [2.75, 3.05) is 31.9 Å². The molecule has 0 aliphatic carbocycles. The first-order valence-corrected chi connectivity index (χ1v) is 14.2. The first-order valence-electron chi connectivity index (χ1n) is 13.6. The molecule has 11 heteroatoms. The lowest BCUT2D eigenvalue weighted by Gasteiger charge is -2.25. The summed E-state index contributed by atoms with van der Waals surface area (Å²) in [4.78, 5) is 48.4. The van der Waals surface area contributed by atoms with Crippen LogP contribution in [0.25, 0.3) is 0 Å². The smallest absolute Gasteiger partial charge is 0.314 e. The largest absolute Gasteiger partial charge is 0.399 e. The SMILES string of the molecule is CCNC(=O)CCCCNC(=O)C(Cc1ccc(N)cc1)NC(=O)CCCCC(S)CC1CNC(=O)NC1. The third-order valence-corrected chi connectivity index (χ3v) is 6.94. The van der Waals surface area contributed by atoms with Crippen molar-refractivity contribution in [2.24, 2.45) is 5.92 Å². The Hall–Kier alpha value is -2.95. The van der Waals surface area contributed by atoms with E-state index in [0.717, 1.165) is 24.8 Å². The van der Waals surface area contributed by atoms with E-state index in [2.05, 4.69) is 39.2 Å². The first kappa shape index (κ1) is 31.3. The van der Waals surface area contributed by atoms with Crippen molar-refractivity contribution in [3.8, 4) is 0 Å². The Labute approximate surface area is 231 Å². The predicted octanol–water partition coefficient (Wildman–Crippen LogP) is 1.90. The minimum Gasteiger partial charge on any atom is -0.399 e. The number of hydrogen-bond acceptors (Lipinski definition) is 6. The van der Waals surface area contributed by atoms with Crippen molar-refractivity contribution in [1.29, 1.82) is 0 Å². The van der Waals surface area contributed by atoms with Gasteiger partial charge in [-0.25, -0.2) is 4.79 Å². The molecule has 5 amide bonds. The molecule has 2 rings (SSSR count). The highest BCUT2D eigenvalue weighted by Gasteiger charge is 2.22. The van der Waals surface area contributed by atoms with Crippen molar-refractivity contribution in [1.82, 2.24) is 26.6 Å². The van der Waals surface area contributed by atoms with E-state index in [0.29, 0.717) is 76.3 Å². The van der Waals surface area contributed by atoms with Gasteiger partial charge in [-0.3, -0.25) is 14.4 Å². The van der Waals surface area contributed by atoms with Gasteiger partial charge in [-0.1, -0.05) is 18.6 Å². The Kier molecular flexibility index (Phi) is 14.4. The molecule has 1 aromatic carbocycles. The van der Waals surface area contributed by atoms with Gasteiger partial charge < -0.3 is 32.3 Å². The maximum atomic E-state index is 12.9. The van der Waals surface area contributed by atoms with Gasteiger partial charge in [0.2, 0.25) is 17.7 Å². The fourth-order valence-corrected chi connectivity index (χ4v) is 4.82. The first-order chi connectivity index (χ1) is 18.3. The molecule has 38 heavy (non-hydrogen) atoms. The number of hydrogen-bond donors (Lipinski definition) is 7. The Morgan fingerprint density at radius 2 is 1.66 bits per heavy atom. The molecule has 1 aromatic rings. The maximum Gasteiger partial charge on any atom is 0.314 e. The number of nitrogen functional groups attached to an aromatic ring is 1. The van der Waals surface area contributed by atoms with Gasteiger partial charge in [0.05, 0.1) is 0 Å². The predicted molar refractivity (Wildman–Crippen MR) is 153 cm³/mol. The van der Waals surface area contributed by atoms with Crippen LogP contribution in [0.1, 0.15) is 63.9 Å². The van der Waals surface area contributed by atoms with Crippen molar-refractivity contribution in [3.05, 3.63) is 29.8 Å². The molecular weight excluding hydrogens is 504 g/mol. The van der Waals surface area contributed by atoms with Crippen LogP contribution in [0, 0.1) is 5.92 Å². The van der Waals surface area contributed by atoms with Crippen LogP contribution < -0.4 is 32.3 Å². The second kappa shape index (κ2) is 17.5. The monoisotopic (exact) mass is 548 g/mol. The quantitative estimate of drug-likeness (QED) is 0.0900. The Morgan fingerprint density at radius 3 is 2.34 bits per heavy atom. The van der Waals surface area contributed by atoms with Gasteiger partial charge in [0.25, 0.3) is 0 Å². The van der Waals surface area contributed by atoms with Crippen LogP contribution >= 0.6 is 12.6 Å². The molecule has 0 aromatic heterocycles. The van der Waals surface area contributed by atoms with E-state index in [1.807, 2.05) is 19.1 Å². The van der Waals surface area contributed by atoms with E-state index in [9.17, 15) is 19.2 Å². The molecule has 7 N–H and O–H groups in total. The van der Waals surface area contributed by atoms with Crippen LogP contribution in [0.3, 0.4) is 0 Å². The number of unbranched alkanes of at least 4 members (excludes halogenated alkanes) is 2. The van der Waals surface area contributed by atoms with E-state index < -0.39 is 6.04 Å². The Bertz CT molecular complexity index is 888. The Morgan fingerprint density at radius 1 is 1.00 bits per heavy atom.